The normalized spacial score (nSPS) is 25.4. The maximum absolute atomic E-state index is 13.5. The standard InChI is InChI=1S/C26H32N2O4/c1-27-23-8-5-19(17-3-6-20(31-2)7-4-17)15-22(23)25-21(24(27)16-29)9-12-28(25)26(30)18-10-13-32-14-11-18/h3-8,15,18,21,24-25,29H,9-14,16H2,1-2H3/t21-,24-,25-/m1/s1. The molecule has 0 bridgehead atoms. The van der Waals surface area contributed by atoms with Crippen LogP contribution in [0.5, 0.6) is 5.75 Å². The predicted molar refractivity (Wildman–Crippen MR) is 124 cm³/mol. The Morgan fingerprint density at radius 1 is 1.09 bits per heavy atom. The zero-order valence-electron chi connectivity index (χ0n) is 18.9. The molecule has 2 saturated heterocycles. The molecule has 0 unspecified atom stereocenters. The molecule has 2 aromatic carbocycles. The van der Waals surface area contributed by atoms with Gasteiger partial charge in [0.15, 0.2) is 0 Å². The summed E-state index contributed by atoms with van der Waals surface area (Å²) in [4.78, 5) is 17.9. The summed E-state index contributed by atoms with van der Waals surface area (Å²) in [5, 5.41) is 10.2. The fourth-order valence-electron chi connectivity index (χ4n) is 5.84. The molecule has 0 saturated carbocycles. The predicted octanol–water partition coefficient (Wildman–Crippen LogP) is 3.49. The first-order valence-corrected chi connectivity index (χ1v) is 11.6. The first kappa shape index (κ1) is 21.3. The lowest BCUT2D eigenvalue weighted by Crippen LogP contribution is -2.49. The quantitative estimate of drug-likeness (QED) is 0.795. The van der Waals surface area contributed by atoms with Crippen LogP contribution in [-0.2, 0) is 9.53 Å². The summed E-state index contributed by atoms with van der Waals surface area (Å²) >= 11 is 0. The topological polar surface area (TPSA) is 62.2 Å². The first-order valence-electron chi connectivity index (χ1n) is 11.6. The van der Waals surface area contributed by atoms with Gasteiger partial charge in [-0.3, -0.25) is 4.79 Å². The van der Waals surface area contributed by atoms with Gasteiger partial charge < -0.3 is 24.4 Å². The van der Waals surface area contributed by atoms with Gasteiger partial charge in [0.2, 0.25) is 5.91 Å². The van der Waals surface area contributed by atoms with E-state index in [9.17, 15) is 9.90 Å². The summed E-state index contributed by atoms with van der Waals surface area (Å²) in [5.74, 6) is 1.36. The fraction of sp³-hybridized carbons (Fsp3) is 0.500. The number of hydrogen-bond donors (Lipinski definition) is 1. The number of aliphatic hydroxyl groups is 1. The molecule has 0 spiro atoms. The van der Waals surface area contributed by atoms with Crippen LogP contribution in [0.15, 0.2) is 42.5 Å². The van der Waals surface area contributed by atoms with E-state index in [2.05, 4.69) is 47.2 Å². The highest BCUT2D eigenvalue weighted by atomic mass is 16.5. The molecule has 0 aromatic heterocycles. The summed E-state index contributed by atoms with van der Waals surface area (Å²) in [5.41, 5.74) is 4.55. The van der Waals surface area contributed by atoms with E-state index in [0.717, 1.165) is 48.4 Å². The van der Waals surface area contributed by atoms with Crippen LogP contribution in [0, 0.1) is 11.8 Å². The number of anilines is 1. The van der Waals surface area contributed by atoms with Crippen LogP contribution in [0.4, 0.5) is 5.69 Å². The van der Waals surface area contributed by atoms with Crippen LogP contribution < -0.4 is 9.64 Å². The number of carbonyl (C=O) groups excluding carboxylic acids is 1. The molecule has 2 aromatic rings. The van der Waals surface area contributed by atoms with Crippen LogP contribution in [0.25, 0.3) is 11.1 Å². The molecule has 0 aliphatic carbocycles. The number of aliphatic hydroxyl groups excluding tert-OH is 1. The van der Waals surface area contributed by atoms with E-state index in [1.54, 1.807) is 7.11 Å². The van der Waals surface area contributed by atoms with Crippen molar-refractivity contribution in [3.8, 4) is 16.9 Å². The van der Waals surface area contributed by atoms with Gasteiger partial charge in [-0.05, 0) is 60.2 Å². The minimum Gasteiger partial charge on any atom is -0.497 e. The number of ether oxygens (including phenoxy) is 2. The van der Waals surface area contributed by atoms with Crippen molar-refractivity contribution in [1.82, 2.24) is 4.90 Å². The number of hydrogen-bond acceptors (Lipinski definition) is 5. The third-order valence-electron chi connectivity index (χ3n) is 7.63. The highest BCUT2D eigenvalue weighted by Crippen LogP contribution is 2.50. The summed E-state index contributed by atoms with van der Waals surface area (Å²) in [6, 6.07) is 14.6. The summed E-state index contributed by atoms with van der Waals surface area (Å²) < 4.78 is 10.8. The summed E-state index contributed by atoms with van der Waals surface area (Å²) in [7, 11) is 3.73. The van der Waals surface area contributed by atoms with Crippen LogP contribution in [0.3, 0.4) is 0 Å². The van der Waals surface area contributed by atoms with Crippen molar-refractivity contribution in [2.24, 2.45) is 11.8 Å². The van der Waals surface area contributed by atoms with Gasteiger partial charge in [0.25, 0.3) is 0 Å². The van der Waals surface area contributed by atoms with E-state index in [0.29, 0.717) is 13.2 Å². The molecular formula is C26H32N2O4. The Balaban J connectivity index is 1.54. The van der Waals surface area contributed by atoms with E-state index in [4.69, 9.17) is 9.47 Å². The van der Waals surface area contributed by atoms with Crippen molar-refractivity contribution >= 4 is 11.6 Å². The van der Waals surface area contributed by atoms with Crippen LogP contribution in [-0.4, -0.2) is 62.5 Å². The van der Waals surface area contributed by atoms with Gasteiger partial charge in [-0.25, -0.2) is 0 Å². The van der Waals surface area contributed by atoms with Crippen LogP contribution >= 0.6 is 0 Å². The Morgan fingerprint density at radius 3 is 2.50 bits per heavy atom. The van der Waals surface area contributed by atoms with Crippen molar-refractivity contribution in [3.05, 3.63) is 48.0 Å². The minimum atomic E-state index is 0.00638. The van der Waals surface area contributed by atoms with E-state index in [-0.39, 0.29) is 36.4 Å². The highest BCUT2D eigenvalue weighted by Gasteiger charge is 2.48. The molecule has 3 atom stereocenters. The number of benzene rings is 2. The second-order valence-corrected chi connectivity index (χ2v) is 9.18. The molecule has 1 amide bonds. The van der Waals surface area contributed by atoms with Gasteiger partial charge >= 0.3 is 0 Å². The average molecular weight is 437 g/mol. The zero-order chi connectivity index (χ0) is 22.2. The molecule has 3 heterocycles. The van der Waals surface area contributed by atoms with Crippen molar-refractivity contribution in [1.29, 1.82) is 0 Å². The lowest BCUT2D eigenvalue weighted by Gasteiger charge is -2.45. The Bertz CT molecular complexity index is 970. The maximum atomic E-state index is 13.5. The van der Waals surface area contributed by atoms with Gasteiger partial charge in [-0.2, -0.15) is 0 Å². The third kappa shape index (κ3) is 3.55. The zero-order valence-corrected chi connectivity index (χ0v) is 18.9. The molecule has 32 heavy (non-hydrogen) atoms. The Morgan fingerprint density at radius 2 is 1.81 bits per heavy atom. The molecule has 170 valence electrons. The molecular weight excluding hydrogens is 404 g/mol. The highest BCUT2D eigenvalue weighted by molar-refractivity contribution is 5.81. The fourth-order valence-corrected chi connectivity index (χ4v) is 5.84. The first-order chi connectivity index (χ1) is 15.6. The minimum absolute atomic E-state index is 0.00638. The number of methoxy groups -OCH3 is 1. The monoisotopic (exact) mass is 436 g/mol. The Kier molecular flexibility index (Phi) is 5.82. The van der Waals surface area contributed by atoms with Crippen molar-refractivity contribution in [2.75, 3.05) is 45.4 Å². The second-order valence-electron chi connectivity index (χ2n) is 9.18. The van der Waals surface area contributed by atoms with Gasteiger partial charge in [0.1, 0.15) is 5.75 Å². The second kappa shape index (κ2) is 8.75. The number of likely N-dealkylation sites (tertiary alicyclic amines) is 1. The Labute approximate surface area is 189 Å². The van der Waals surface area contributed by atoms with Crippen LogP contribution in [0.2, 0.25) is 0 Å². The lowest BCUT2D eigenvalue weighted by molar-refractivity contribution is -0.140. The Hall–Kier alpha value is -2.57. The molecule has 1 N–H and O–H groups in total. The van der Waals surface area contributed by atoms with Gasteiger partial charge in [-0.15, -0.1) is 0 Å². The average Bonchev–Trinajstić information content (AvgIpc) is 3.29. The smallest absolute Gasteiger partial charge is 0.226 e. The number of likely N-dealkylation sites (N-methyl/N-ethyl adjacent to an activating group) is 1. The van der Waals surface area contributed by atoms with E-state index >= 15 is 0 Å². The van der Waals surface area contributed by atoms with Crippen molar-refractivity contribution in [2.45, 2.75) is 31.3 Å². The number of nitrogens with zero attached hydrogens (tertiary/aromatic N) is 2. The molecule has 6 heteroatoms. The summed E-state index contributed by atoms with van der Waals surface area (Å²) in [6.45, 7) is 2.18. The maximum Gasteiger partial charge on any atom is 0.226 e. The van der Waals surface area contributed by atoms with E-state index < -0.39 is 0 Å². The number of rotatable bonds is 4. The molecule has 5 rings (SSSR count). The third-order valence-corrected chi connectivity index (χ3v) is 7.63. The SMILES string of the molecule is COc1ccc(-c2ccc3c(c2)[C@H]2[C@H](CCN2C(=O)C2CCOCC2)[C@@H](CO)N3C)cc1. The number of amides is 1. The molecule has 6 nitrogen and oxygen atoms in total. The number of carbonyl (C=O) groups is 1. The summed E-state index contributed by atoms with van der Waals surface area (Å²) in [6.07, 6.45) is 2.52. The molecule has 3 aliphatic rings. The largest absolute Gasteiger partial charge is 0.497 e. The van der Waals surface area contributed by atoms with E-state index in [1.165, 1.54) is 5.56 Å². The molecule has 3 aliphatic heterocycles. The van der Waals surface area contributed by atoms with Gasteiger partial charge in [0.05, 0.1) is 25.8 Å². The van der Waals surface area contributed by atoms with Crippen molar-refractivity contribution < 1.29 is 19.4 Å². The molecule has 2 fully saturated rings. The van der Waals surface area contributed by atoms with Gasteiger partial charge in [0, 0.05) is 44.3 Å². The van der Waals surface area contributed by atoms with E-state index in [1.807, 2.05) is 12.1 Å². The van der Waals surface area contributed by atoms with Crippen LogP contribution in [0.1, 0.15) is 30.9 Å². The number of fused-ring (bicyclic) bond motifs is 3. The lowest BCUT2D eigenvalue weighted by atomic mass is 9.80. The molecule has 0 radical (unpaired) electrons. The van der Waals surface area contributed by atoms with Crippen molar-refractivity contribution in [3.63, 3.8) is 0 Å². The van der Waals surface area contributed by atoms with Gasteiger partial charge in [-0.1, -0.05) is 18.2 Å².